The van der Waals surface area contributed by atoms with Crippen molar-refractivity contribution in [2.45, 2.75) is 6.92 Å². The minimum atomic E-state index is -0.490. The highest BCUT2D eigenvalue weighted by atomic mass is 35.5. The number of carbonyl (C=O) groups is 2. The first-order chi connectivity index (χ1) is 14.8. The number of hydrogen-bond donors (Lipinski definition) is 4. The number of anilines is 3. The first-order valence-electron chi connectivity index (χ1n) is 9.19. The van der Waals surface area contributed by atoms with E-state index in [0.717, 1.165) is 0 Å². The average Bonchev–Trinajstić information content (AvgIpc) is 2.75. The van der Waals surface area contributed by atoms with Gasteiger partial charge in [-0.2, -0.15) is 0 Å². The number of amides is 2. The van der Waals surface area contributed by atoms with Crippen LogP contribution in [0.2, 0.25) is 10.0 Å². The highest BCUT2D eigenvalue weighted by Crippen LogP contribution is 2.25. The predicted octanol–water partition coefficient (Wildman–Crippen LogP) is 5.32. The molecule has 1 heterocycles. The highest BCUT2D eigenvalue weighted by Gasteiger charge is 2.18. The summed E-state index contributed by atoms with van der Waals surface area (Å²) in [7, 11) is 1.69. The molecule has 3 aromatic rings. The molecule has 3 rings (SSSR count). The van der Waals surface area contributed by atoms with E-state index in [1.54, 1.807) is 56.4 Å². The lowest BCUT2D eigenvalue weighted by atomic mass is 10.0. The Morgan fingerprint density at radius 2 is 1.58 bits per heavy atom. The Labute approximate surface area is 189 Å². The predicted molar refractivity (Wildman–Crippen MR) is 125 cm³/mol. The van der Waals surface area contributed by atoms with Crippen LogP contribution in [0.3, 0.4) is 0 Å². The first-order valence-corrected chi connectivity index (χ1v) is 9.95. The highest BCUT2D eigenvalue weighted by molar-refractivity contribution is 6.31. The fourth-order valence-corrected chi connectivity index (χ4v) is 3.10. The van der Waals surface area contributed by atoms with Crippen molar-refractivity contribution in [2.24, 2.45) is 0 Å². The molecule has 0 radical (unpaired) electrons. The van der Waals surface area contributed by atoms with E-state index < -0.39 is 11.8 Å². The van der Waals surface area contributed by atoms with Crippen molar-refractivity contribution in [1.82, 2.24) is 4.98 Å². The number of pyridine rings is 1. The molecule has 2 amide bonds. The lowest BCUT2D eigenvalue weighted by Gasteiger charge is -2.14. The molecule has 0 spiro atoms. The van der Waals surface area contributed by atoms with Gasteiger partial charge >= 0.3 is 0 Å². The Balaban J connectivity index is 1.88. The van der Waals surface area contributed by atoms with Crippen molar-refractivity contribution in [3.63, 3.8) is 0 Å². The molecule has 4 N–H and O–H groups in total. The normalized spacial score (nSPS) is 10.3. The summed E-state index contributed by atoms with van der Waals surface area (Å²) in [6, 6.07) is 12.8. The average molecular weight is 456 g/mol. The molecule has 0 saturated carbocycles. The molecule has 31 heavy (non-hydrogen) atoms. The molecule has 0 bridgehead atoms. The second kappa shape index (κ2) is 9.59. The van der Waals surface area contributed by atoms with Crippen molar-refractivity contribution in [3.8, 4) is 0 Å². The SMILES string of the molecule is CNc1cc(C(C)=N)ccc1C(=O)Nc1ccc(Cl)cc1C(=O)Nc1ccc(Cl)cn1. The maximum absolute atomic E-state index is 12.9. The van der Waals surface area contributed by atoms with Crippen molar-refractivity contribution >= 4 is 57.9 Å². The van der Waals surface area contributed by atoms with E-state index >= 15 is 0 Å². The molecule has 1 aromatic heterocycles. The summed E-state index contributed by atoms with van der Waals surface area (Å²) in [6.45, 7) is 1.67. The third-order valence-electron chi connectivity index (χ3n) is 4.41. The second-order valence-corrected chi connectivity index (χ2v) is 7.47. The van der Waals surface area contributed by atoms with Crippen LogP contribution < -0.4 is 16.0 Å². The summed E-state index contributed by atoms with van der Waals surface area (Å²) < 4.78 is 0. The zero-order valence-corrected chi connectivity index (χ0v) is 18.2. The third kappa shape index (κ3) is 5.39. The Bertz CT molecular complexity index is 1160. The van der Waals surface area contributed by atoms with Crippen molar-refractivity contribution < 1.29 is 9.59 Å². The number of aromatic nitrogens is 1. The molecule has 0 saturated heterocycles. The molecule has 0 aliphatic carbocycles. The smallest absolute Gasteiger partial charge is 0.258 e. The fraction of sp³-hybridized carbons (Fsp3) is 0.0909. The molecule has 9 heteroatoms. The summed E-state index contributed by atoms with van der Waals surface area (Å²) in [4.78, 5) is 29.8. The molecule has 0 fully saturated rings. The molecule has 158 valence electrons. The van der Waals surface area contributed by atoms with Gasteiger partial charge in [-0.25, -0.2) is 4.98 Å². The van der Waals surface area contributed by atoms with Gasteiger partial charge in [-0.15, -0.1) is 0 Å². The van der Waals surface area contributed by atoms with Crippen molar-refractivity contribution in [1.29, 1.82) is 5.41 Å². The van der Waals surface area contributed by atoms with Crippen LogP contribution in [0.15, 0.2) is 54.7 Å². The summed E-state index contributed by atoms with van der Waals surface area (Å²) in [5.41, 5.74) is 2.48. The standard InChI is InChI=1S/C22H19Cl2N5O2/c1-12(25)13-3-6-16(19(9-13)26-2)21(30)28-18-7-4-14(23)10-17(18)22(31)29-20-8-5-15(24)11-27-20/h3-11,25-26H,1-2H3,(H,28,30)(H,27,29,31). The van der Waals surface area contributed by atoms with Gasteiger partial charge in [0.1, 0.15) is 5.82 Å². The molecular formula is C22H19Cl2N5O2. The topological polar surface area (TPSA) is 107 Å². The molecule has 0 atom stereocenters. The van der Waals surface area contributed by atoms with Gasteiger partial charge in [0.15, 0.2) is 0 Å². The zero-order valence-electron chi connectivity index (χ0n) is 16.7. The summed E-state index contributed by atoms with van der Waals surface area (Å²) in [5.74, 6) is -0.600. The van der Waals surface area contributed by atoms with Crippen LogP contribution in [0.25, 0.3) is 0 Å². The van der Waals surface area contributed by atoms with Gasteiger partial charge < -0.3 is 21.4 Å². The van der Waals surface area contributed by atoms with Crippen LogP contribution in [-0.4, -0.2) is 29.6 Å². The van der Waals surface area contributed by atoms with Crippen molar-refractivity contribution in [3.05, 3.63) is 81.5 Å². The minimum Gasteiger partial charge on any atom is -0.387 e. The summed E-state index contributed by atoms with van der Waals surface area (Å²) in [6.07, 6.45) is 1.41. The van der Waals surface area contributed by atoms with E-state index in [-0.39, 0.29) is 11.3 Å². The van der Waals surface area contributed by atoms with E-state index in [2.05, 4.69) is 20.9 Å². The fourth-order valence-electron chi connectivity index (χ4n) is 2.82. The minimum absolute atomic E-state index is 0.176. The summed E-state index contributed by atoms with van der Waals surface area (Å²) in [5, 5.41) is 16.9. The maximum atomic E-state index is 12.9. The summed E-state index contributed by atoms with van der Waals surface area (Å²) >= 11 is 11.9. The van der Waals surface area contributed by atoms with Gasteiger partial charge in [-0.05, 0) is 55.0 Å². The first kappa shape index (κ1) is 22.3. The van der Waals surface area contributed by atoms with Crippen LogP contribution in [0.1, 0.15) is 33.2 Å². The Morgan fingerprint density at radius 1 is 0.871 bits per heavy atom. The van der Waals surface area contributed by atoms with Gasteiger partial charge in [0.05, 0.1) is 21.8 Å². The molecule has 7 nitrogen and oxygen atoms in total. The lowest BCUT2D eigenvalue weighted by molar-refractivity contribution is 0.102. The number of nitrogens with one attached hydrogen (secondary N) is 4. The number of nitrogens with zero attached hydrogens (tertiary/aromatic N) is 1. The van der Waals surface area contributed by atoms with Crippen molar-refractivity contribution in [2.75, 3.05) is 23.0 Å². The molecular weight excluding hydrogens is 437 g/mol. The van der Waals surface area contributed by atoms with E-state index in [1.807, 2.05) is 0 Å². The lowest BCUT2D eigenvalue weighted by Crippen LogP contribution is -2.19. The molecule has 0 aliphatic heterocycles. The van der Waals surface area contributed by atoms with Crippen LogP contribution in [0.5, 0.6) is 0 Å². The second-order valence-electron chi connectivity index (χ2n) is 6.60. The van der Waals surface area contributed by atoms with Crippen LogP contribution in [-0.2, 0) is 0 Å². The van der Waals surface area contributed by atoms with Gasteiger partial charge in [0.25, 0.3) is 11.8 Å². The molecule has 2 aromatic carbocycles. The van der Waals surface area contributed by atoms with E-state index in [0.29, 0.717) is 38.4 Å². The zero-order chi connectivity index (χ0) is 22.5. The van der Waals surface area contributed by atoms with Gasteiger partial charge in [0.2, 0.25) is 0 Å². The maximum Gasteiger partial charge on any atom is 0.258 e. The van der Waals surface area contributed by atoms with Crippen LogP contribution in [0.4, 0.5) is 17.2 Å². The van der Waals surface area contributed by atoms with Gasteiger partial charge in [0, 0.05) is 29.7 Å². The number of rotatable bonds is 6. The Morgan fingerprint density at radius 3 is 2.23 bits per heavy atom. The van der Waals surface area contributed by atoms with Gasteiger partial charge in [-0.1, -0.05) is 29.3 Å². The van der Waals surface area contributed by atoms with Crippen LogP contribution >= 0.6 is 23.2 Å². The Hall–Kier alpha value is -3.42. The van der Waals surface area contributed by atoms with E-state index in [9.17, 15) is 9.59 Å². The molecule has 0 unspecified atom stereocenters. The van der Waals surface area contributed by atoms with Crippen LogP contribution in [0, 0.1) is 5.41 Å². The quantitative estimate of drug-likeness (QED) is 0.377. The largest absolute Gasteiger partial charge is 0.387 e. The Kier molecular flexibility index (Phi) is 6.89. The van der Waals surface area contributed by atoms with Gasteiger partial charge in [-0.3, -0.25) is 9.59 Å². The number of hydrogen-bond acceptors (Lipinski definition) is 5. The van der Waals surface area contributed by atoms with E-state index in [1.165, 1.54) is 12.3 Å². The molecule has 0 aliphatic rings. The number of benzene rings is 2. The number of halogens is 2. The van der Waals surface area contributed by atoms with E-state index in [4.69, 9.17) is 28.6 Å². The monoisotopic (exact) mass is 455 g/mol. The number of carbonyl (C=O) groups excluding carboxylic acids is 2. The third-order valence-corrected chi connectivity index (χ3v) is 4.87.